The number of piperidine rings is 1. The van der Waals surface area contributed by atoms with Gasteiger partial charge in [-0.2, -0.15) is 10.1 Å². The first-order valence-electron chi connectivity index (χ1n) is 11.7. The zero-order valence-electron chi connectivity index (χ0n) is 19.9. The van der Waals surface area contributed by atoms with Gasteiger partial charge in [0.25, 0.3) is 0 Å². The van der Waals surface area contributed by atoms with Crippen LogP contribution in [-0.2, 0) is 4.74 Å². The first-order valence-corrected chi connectivity index (χ1v) is 12.5. The van der Waals surface area contributed by atoms with Gasteiger partial charge in [0.15, 0.2) is 5.82 Å². The van der Waals surface area contributed by atoms with Gasteiger partial charge in [0.05, 0.1) is 5.52 Å². The number of carbonyl (C=O) groups is 1. The SMILES string of the molecule is Cc1cc(Nc2nc(N[C@@H]3C[C@H]4CC[C@@H](C3)N4C(=O)OC(C)(C)C)nc3cc(Br)ccc23)n[nH]1. The van der Waals surface area contributed by atoms with Gasteiger partial charge in [0, 0.05) is 39.7 Å². The topological polar surface area (TPSA) is 108 Å². The Bertz CT molecular complexity index is 1210. The molecule has 1 amide bonds. The lowest BCUT2D eigenvalue weighted by Gasteiger charge is -2.39. The number of aromatic amines is 1. The van der Waals surface area contributed by atoms with Gasteiger partial charge in [-0.1, -0.05) is 15.9 Å². The molecule has 2 fully saturated rings. The highest BCUT2D eigenvalue weighted by Crippen LogP contribution is 2.38. The van der Waals surface area contributed by atoms with E-state index < -0.39 is 5.60 Å². The number of nitrogens with one attached hydrogen (secondary N) is 3. The fourth-order valence-electron chi connectivity index (χ4n) is 4.96. The Morgan fingerprint density at radius 1 is 1.18 bits per heavy atom. The average molecular weight is 528 g/mol. The van der Waals surface area contributed by atoms with Crippen molar-refractivity contribution in [3.05, 3.63) is 34.4 Å². The van der Waals surface area contributed by atoms with Crippen molar-refractivity contribution in [2.45, 2.75) is 77.1 Å². The molecule has 0 unspecified atom stereocenters. The molecule has 2 aliphatic rings. The molecule has 2 bridgehead atoms. The molecule has 2 aliphatic heterocycles. The molecule has 10 heteroatoms. The van der Waals surface area contributed by atoms with Gasteiger partial charge in [-0.05, 0) is 71.6 Å². The van der Waals surface area contributed by atoms with Crippen LogP contribution in [0.1, 0.15) is 52.1 Å². The Morgan fingerprint density at radius 3 is 2.56 bits per heavy atom. The summed E-state index contributed by atoms with van der Waals surface area (Å²) in [6.07, 6.45) is 3.48. The first kappa shape index (κ1) is 22.9. The van der Waals surface area contributed by atoms with Gasteiger partial charge in [-0.15, -0.1) is 0 Å². The highest BCUT2D eigenvalue weighted by atomic mass is 79.9. The van der Waals surface area contributed by atoms with E-state index in [1.54, 1.807) is 0 Å². The zero-order chi connectivity index (χ0) is 24.0. The molecule has 1 aromatic carbocycles. The Kier molecular flexibility index (Phi) is 5.87. The van der Waals surface area contributed by atoms with Crippen LogP contribution in [0.15, 0.2) is 28.7 Å². The van der Waals surface area contributed by atoms with Crippen LogP contribution < -0.4 is 10.6 Å². The fraction of sp³-hybridized carbons (Fsp3) is 0.500. The molecule has 0 spiro atoms. The van der Waals surface area contributed by atoms with Crippen LogP contribution >= 0.6 is 15.9 Å². The third kappa shape index (κ3) is 4.82. The second kappa shape index (κ2) is 8.72. The molecule has 4 heterocycles. The number of ether oxygens (including phenoxy) is 1. The van der Waals surface area contributed by atoms with Crippen LogP contribution in [0.2, 0.25) is 0 Å². The lowest BCUT2D eigenvalue weighted by atomic mass is 9.98. The predicted octanol–water partition coefficient (Wildman–Crippen LogP) is 5.51. The number of hydrogen-bond acceptors (Lipinski definition) is 7. The van der Waals surface area contributed by atoms with E-state index in [4.69, 9.17) is 14.7 Å². The molecule has 34 heavy (non-hydrogen) atoms. The molecule has 180 valence electrons. The lowest BCUT2D eigenvalue weighted by Crippen LogP contribution is -2.51. The number of rotatable bonds is 4. The molecule has 0 aliphatic carbocycles. The van der Waals surface area contributed by atoms with Crippen LogP contribution in [0.4, 0.5) is 22.4 Å². The number of aryl methyl sites for hydroxylation is 1. The second-order valence-corrected chi connectivity index (χ2v) is 11.1. The van der Waals surface area contributed by atoms with Gasteiger partial charge >= 0.3 is 6.09 Å². The molecule has 2 aromatic heterocycles. The molecule has 2 saturated heterocycles. The van der Waals surface area contributed by atoms with E-state index in [2.05, 4.69) is 36.8 Å². The summed E-state index contributed by atoms with van der Waals surface area (Å²) in [5.41, 5.74) is 1.31. The summed E-state index contributed by atoms with van der Waals surface area (Å²) >= 11 is 3.55. The van der Waals surface area contributed by atoms with Gasteiger partial charge < -0.3 is 20.3 Å². The molecular formula is C24H30BrN7O2. The number of anilines is 3. The van der Waals surface area contributed by atoms with Crippen LogP contribution in [0, 0.1) is 6.92 Å². The highest BCUT2D eigenvalue weighted by Gasteiger charge is 2.45. The number of benzene rings is 1. The fourth-order valence-corrected chi connectivity index (χ4v) is 5.31. The van der Waals surface area contributed by atoms with Crippen molar-refractivity contribution in [1.29, 1.82) is 0 Å². The Hall–Kier alpha value is -2.88. The summed E-state index contributed by atoms with van der Waals surface area (Å²) in [7, 11) is 0. The van der Waals surface area contributed by atoms with Crippen LogP contribution in [0.5, 0.6) is 0 Å². The summed E-state index contributed by atoms with van der Waals surface area (Å²) in [5, 5.41) is 15.0. The summed E-state index contributed by atoms with van der Waals surface area (Å²) in [6, 6.07) is 8.41. The summed E-state index contributed by atoms with van der Waals surface area (Å²) in [5.74, 6) is 1.96. The third-order valence-corrected chi connectivity index (χ3v) is 6.78. The van der Waals surface area contributed by atoms with Gasteiger partial charge in [0.1, 0.15) is 11.4 Å². The number of aromatic nitrogens is 4. The van der Waals surface area contributed by atoms with E-state index in [9.17, 15) is 4.79 Å². The standard InChI is InChI=1S/C24H30BrN7O2/c1-13-9-20(31-30-13)28-21-18-8-5-14(25)10-19(18)27-22(29-21)26-15-11-16-6-7-17(12-15)32(16)23(33)34-24(2,3)4/h5,8-10,15-17H,6-7,11-12H2,1-4H3,(H3,26,27,28,29,30,31)/t15-,16-,17+. The summed E-state index contributed by atoms with van der Waals surface area (Å²) in [6.45, 7) is 7.68. The molecule has 9 nitrogen and oxygen atoms in total. The smallest absolute Gasteiger partial charge is 0.410 e. The number of H-pyrrole nitrogens is 1. The molecule has 3 N–H and O–H groups in total. The van der Waals surface area contributed by atoms with Gasteiger partial charge in [-0.3, -0.25) is 5.10 Å². The molecule has 3 aromatic rings. The second-order valence-electron chi connectivity index (χ2n) is 10.2. The number of carbonyl (C=O) groups excluding carboxylic acids is 1. The Labute approximate surface area is 207 Å². The quantitative estimate of drug-likeness (QED) is 0.410. The number of amides is 1. The number of halogens is 1. The molecule has 0 saturated carbocycles. The van der Waals surface area contributed by atoms with E-state index in [1.807, 2.05) is 56.9 Å². The third-order valence-electron chi connectivity index (χ3n) is 6.28. The Balaban J connectivity index is 1.37. The monoisotopic (exact) mass is 527 g/mol. The van der Waals surface area contributed by atoms with Gasteiger partial charge in [-0.25, -0.2) is 9.78 Å². The number of nitrogens with zero attached hydrogens (tertiary/aromatic N) is 4. The minimum absolute atomic E-state index is 0.172. The normalized spacial score (nSPS) is 22.1. The minimum Gasteiger partial charge on any atom is -0.444 e. The maximum atomic E-state index is 12.8. The number of hydrogen-bond donors (Lipinski definition) is 3. The maximum absolute atomic E-state index is 12.8. The average Bonchev–Trinajstić information content (AvgIpc) is 3.26. The van der Waals surface area contributed by atoms with E-state index in [0.717, 1.165) is 46.8 Å². The van der Waals surface area contributed by atoms with E-state index in [1.165, 1.54) is 0 Å². The van der Waals surface area contributed by atoms with Crippen molar-refractivity contribution in [3.63, 3.8) is 0 Å². The Morgan fingerprint density at radius 2 is 1.91 bits per heavy atom. The van der Waals surface area contributed by atoms with Crippen molar-refractivity contribution < 1.29 is 9.53 Å². The van der Waals surface area contributed by atoms with E-state index in [-0.39, 0.29) is 24.2 Å². The molecule has 3 atom stereocenters. The molecular weight excluding hydrogens is 498 g/mol. The van der Waals surface area contributed by atoms with Crippen LogP contribution in [0.25, 0.3) is 10.9 Å². The summed E-state index contributed by atoms with van der Waals surface area (Å²) in [4.78, 5) is 24.3. The van der Waals surface area contributed by atoms with Crippen molar-refractivity contribution in [3.8, 4) is 0 Å². The van der Waals surface area contributed by atoms with Crippen molar-refractivity contribution in [2.75, 3.05) is 10.6 Å². The van der Waals surface area contributed by atoms with Crippen LogP contribution in [-0.4, -0.2) is 54.9 Å². The largest absolute Gasteiger partial charge is 0.444 e. The molecule has 5 rings (SSSR count). The van der Waals surface area contributed by atoms with Crippen molar-refractivity contribution in [1.82, 2.24) is 25.1 Å². The maximum Gasteiger partial charge on any atom is 0.410 e. The van der Waals surface area contributed by atoms with Crippen molar-refractivity contribution in [2.24, 2.45) is 0 Å². The van der Waals surface area contributed by atoms with Gasteiger partial charge in [0.2, 0.25) is 5.95 Å². The van der Waals surface area contributed by atoms with Crippen LogP contribution in [0.3, 0.4) is 0 Å². The van der Waals surface area contributed by atoms with Crippen molar-refractivity contribution >= 4 is 50.5 Å². The number of fused-ring (bicyclic) bond motifs is 3. The minimum atomic E-state index is -0.491. The van der Waals surface area contributed by atoms with E-state index >= 15 is 0 Å². The predicted molar refractivity (Wildman–Crippen MR) is 135 cm³/mol. The highest BCUT2D eigenvalue weighted by molar-refractivity contribution is 9.10. The zero-order valence-corrected chi connectivity index (χ0v) is 21.4. The first-order chi connectivity index (χ1) is 16.1. The summed E-state index contributed by atoms with van der Waals surface area (Å²) < 4.78 is 6.62. The lowest BCUT2D eigenvalue weighted by molar-refractivity contribution is 0.00682. The molecule has 0 radical (unpaired) electrons. The van der Waals surface area contributed by atoms with E-state index in [0.29, 0.717) is 17.6 Å².